The van der Waals surface area contributed by atoms with Crippen LogP contribution in [-0.2, 0) is 14.8 Å². The second-order valence-corrected chi connectivity index (χ2v) is 7.78. The van der Waals surface area contributed by atoms with Gasteiger partial charge in [0.05, 0.1) is 12.0 Å². The van der Waals surface area contributed by atoms with Gasteiger partial charge in [-0.15, -0.1) is 0 Å². The summed E-state index contributed by atoms with van der Waals surface area (Å²) >= 11 is 0. The van der Waals surface area contributed by atoms with Crippen LogP contribution in [0.25, 0.3) is 0 Å². The Labute approximate surface area is 151 Å². The number of hydrogen-bond acceptors (Lipinski definition) is 4. The predicted octanol–water partition coefficient (Wildman–Crippen LogP) is 2.23. The number of amides is 1. The average Bonchev–Trinajstić information content (AvgIpc) is 2.97. The molecule has 1 aliphatic rings. The lowest BCUT2D eigenvalue weighted by molar-refractivity contribution is -0.118. The molecule has 0 radical (unpaired) electrons. The molecule has 0 aromatic heterocycles. The summed E-state index contributed by atoms with van der Waals surface area (Å²) in [5.41, 5.74) is 0.984. The number of rotatable bonds is 5. The fourth-order valence-corrected chi connectivity index (χ4v) is 4.08. The van der Waals surface area contributed by atoms with Gasteiger partial charge in [0.15, 0.2) is 0 Å². The normalized spacial score (nSPS) is 17.6. The summed E-state index contributed by atoms with van der Waals surface area (Å²) < 4.78 is 45.9. The van der Waals surface area contributed by atoms with E-state index in [9.17, 15) is 17.6 Å². The molecule has 26 heavy (non-hydrogen) atoms. The molecule has 2 aromatic rings. The highest BCUT2D eigenvalue weighted by molar-refractivity contribution is 7.89. The lowest BCUT2D eigenvalue weighted by Crippen LogP contribution is -2.41. The molecule has 0 saturated carbocycles. The third-order valence-electron chi connectivity index (χ3n) is 4.33. The number of methoxy groups -OCH3 is 1. The summed E-state index contributed by atoms with van der Waals surface area (Å²) in [6.45, 7) is 1.98. The number of halogens is 1. The Hall–Kier alpha value is -2.45. The molecule has 1 fully saturated rings. The number of nitrogens with one attached hydrogen (secondary N) is 1. The van der Waals surface area contributed by atoms with Crippen LogP contribution in [0.4, 0.5) is 10.1 Å². The van der Waals surface area contributed by atoms with Crippen molar-refractivity contribution in [3.8, 4) is 5.75 Å². The zero-order chi connectivity index (χ0) is 18.9. The van der Waals surface area contributed by atoms with Gasteiger partial charge >= 0.3 is 0 Å². The van der Waals surface area contributed by atoms with E-state index in [1.165, 1.54) is 36.3 Å². The number of benzene rings is 2. The standard InChI is InChI=1S/C18H19FN2O4S/c1-12-11-13(3-8-16(12)19)21-10-9-17(18(21)22)20-26(23,24)15-6-4-14(25-2)5-7-15/h3-8,11,17,20H,9-10H2,1-2H3/t17-/m1/s1. The zero-order valence-corrected chi connectivity index (χ0v) is 15.2. The molecular weight excluding hydrogens is 359 g/mol. The molecule has 0 aliphatic carbocycles. The van der Waals surface area contributed by atoms with E-state index in [1.54, 1.807) is 25.1 Å². The number of sulfonamides is 1. The molecule has 8 heteroatoms. The summed E-state index contributed by atoms with van der Waals surface area (Å²) in [6, 6.07) is 9.45. The second kappa shape index (κ2) is 7.05. The maximum atomic E-state index is 13.4. The molecular formula is C18H19FN2O4S. The highest BCUT2D eigenvalue weighted by Crippen LogP contribution is 2.25. The molecule has 1 saturated heterocycles. The van der Waals surface area contributed by atoms with Crippen LogP contribution in [-0.4, -0.2) is 34.0 Å². The van der Waals surface area contributed by atoms with E-state index < -0.39 is 16.1 Å². The minimum atomic E-state index is -3.84. The number of hydrogen-bond donors (Lipinski definition) is 1. The fraction of sp³-hybridized carbons (Fsp3) is 0.278. The van der Waals surface area contributed by atoms with Crippen molar-refractivity contribution < 1.29 is 22.3 Å². The first-order valence-corrected chi connectivity index (χ1v) is 9.54. The van der Waals surface area contributed by atoms with E-state index in [-0.39, 0.29) is 16.6 Å². The van der Waals surface area contributed by atoms with Gasteiger partial charge < -0.3 is 9.64 Å². The van der Waals surface area contributed by atoms with Crippen LogP contribution in [0.5, 0.6) is 5.75 Å². The van der Waals surface area contributed by atoms with Crippen molar-refractivity contribution in [3.63, 3.8) is 0 Å². The molecule has 1 atom stereocenters. The van der Waals surface area contributed by atoms with E-state index >= 15 is 0 Å². The van der Waals surface area contributed by atoms with Crippen LogP contribution >= 0.6 is 0 Å². The van der Waals surface area contributed by atoms with Gasteiger partial charge in [-0.1, -0.05) is 0 Å². The van der Waals surface area contributed by atoms with Gasteiger partial charge in [-0.05, 0) is 61.4 Å². The van der Waals surface area contributed by atoms with Gasteiger partial charge in [-0.3, -0.25) is 4.79 Å². The Bertz CT molecular complexity index is 929. The van der Waals surface area contributed by atoms with E-state index in [4.69, 9.17) is 4.74 Å². The smallest absolute Gasteiger partial charge is 0.245 e. The number of anilines is 1. The molecule has 2 aromatic carbocycles. The molecule has 6 nitrogen and oxygen atoms in total. The molecule has 1 amide bonds. The Balaban J connectivity index is 1.76. The maximum Gasteiger partial charge on any atom is 0.245 e. The largest absolute Gasteiger partial charge is 0.497 e. The van der Waals surface area contributed by atoms with Gasteiger partial charge in [0, 0.05) is 12.2 Å². The fourth-order valence-electron chi connectivity index (χ4n) is 2.85. The lowest BCUT2D eigenvalue weighted by atomic mass is 10.2. The topological polar surface area (TPSA) is 75.7 Å². The van der Waals surface area contributed by atoms with E-state index in [2.05, 4.69) is 4.72 Å². The van der Waals surface area contributed by atoms with Crippen molar-refractivity contribution >= 4 is 21.6 Å². The Kier molecular flexibility index (Phi) is 4.97. The van der Waals surface area contributed by atoms with Crippen molar-refractivity contribution in [1.29, 1.82) is 0 Å². The number of carbonyl (C=O) groups excluding carboxylic acids is 1. The first-order valence-electron chi connectivity index (χ1n) is 8.06. The van der Waals surface area contributed by atoms with E-state index in [1.807, 2.05) is 0 Å². The third kappa shape index (κ3) is 3.56. The van der Waals surface area contributed by atoms with Crippen LogP contribution in [0.2, 0.25) is 0 Å². The first kappa shape index (κ1) is 18.3. The SMILES string of the molecule is COc1ccc(S(=O)(=O)N[C@@H]2CCN(c3ccc(F)c(C)c3)C2=O)cc1. The first-order chi connectivity index (χ1) is 12.3. The van der Waals surface area contributed by atoms with Crippen LogP contribution in [0.1, 0.15) is 12.0 Å². The Morgan fingerprint density at radius 2 is 1.88 bits per heavy atom. The minimum absolute atomic E-state index is 0.0576. The number of aryl methyl sites for hydroxylation is 1. The summed E-state index contributed by atoms with van der Waals surface area (Å²) in [7, 11) is -2.34. The minimum Gasteiger partial charge on any atom is -0.497 e. The van der Waals surface area contributed by atoms with Crippen molar-refractivity contribution in [2.45, 2.75) is 24.3 Å². The molecule has 1 aliphatic heterocycles. The van der Waals surface area contributed by atoms with Crippen molar-refractivity contribution in [3.05, 3.63) is 53.8 Å². The molecule has 1 heterocycles. The number of ether oxygens (including phenoxy) is 1. The van der Waals surface area contributed by atoms with Crippen LogP contribution < -0.4 is 14.4 Å². The number of carbonyl (C=O) groups is 1. The van der Waals surface area contributed by atoms with Gasteiger partial charge in [-0.25, -0.2) is 12.8 Å². The molecule has 138 valence electrons. The van der Waals surface area contributed by atoms with Crippen molar-refractivity contribution in [2.75, 3.05) is 18.6 Å². The van der Waals surface area contributed by atoms with Gasteiger partial charge in [0.2, 0.25) is 15.9 Å². The Morgan fingerprint density at radius 1 is 1.19 bits per heavy atom. The maximum absolute atomic E-state index is 13.4. The van der Waals surface area contributed by atoms with Gasteiger partial charge in [0.1, 0.15) is 17.6 Å². The van der Waals surface area contributed by atoms with Crippen LogP contribution in [0.15, 0.2) is 47.4 Å². The van der Waals surface area contributed by atoms with Gasteiger partial charge in [0.25, 0.3) is 0 Å². The van der Waals surface area contributed by atoms with Crippen LogP contribution in [0.3, 0.4) is 0 Å². The van der Waals surface area contributed by atoms with E-state index in [0.717, 1.165) is 0 Å². The number of nitrogens with zero attached hydrogens (tertiary/aromatic N) is 1. The second-order valence-electron chi connectivity index (χ2n) is 6.06. The predicted molar refractivity (Wildman–Crippen MR) is 95.2 cm³/mol. The summed E-state index contributed by atoms with van der Waals surface area (Å²) in [6.07, 6.45) is 0.338. The highest BCUT2D eigenvalue weighted by atomic mass is 32.2. The van der Waals surface area contributed by atoms with Crippen molar-refractivity contribution in [2.24, 2.45) is 0 Å². The molecule has 0 spiro atoms. The molecule has 3 rings (SSSR count). The summed E-state index contributed by atoms with van der Waals surface area (Å²) in [4.78, 5) is 14.1. The zero-order valence-electron chi connectivity index (χ0n) is 14.4. The molecule has 0 unspecified atom stereocenters. The van der Waals surface area contributed by atoms with Gasteiger partial charge in [-0.2, -0.15) is 4.72 Å². The quantitative estimate of drug-likeness (QED) is 0.866. The lowest BCUT2D eigenvalue weighted by Gasteiger charge is -2.18. The Morgan fingerprint density at radius 3 is 2.50 bits per heavy atom. The third-order valence-corrected chi connectivity index (χ3v) is 5.81. The molecule has 1 N–H and O–H groups in total. The van der Waals surface area contributed by atoms with Crippen LogP contribution in [0, 0.1) is 12.7 Å². The van der Waals surface area contributed by atoms with Crippen molar-refractivity contribution in [1.82, 2.24) is 4.72 Å². The average molecular weight is 378 g/mol. The summed E-state index contributed by atoms with van der Waals surface area (Å²) in [5.74, 6) is -0.163. The molecule has 0 bridgehead atoms. The van der Waals surface area contributed by atoms with E-state index in [0.29, 0.717) is 30.0 Å². The monoisotopic (exact) mass is 378 g/mol. The highest BCUT2D eigenvalue weighted by Gasteiger charge is 2.35. The summed E-state index contributed by atoms with van der Waals surface area (Å²) in [5, 5.41) is 0.